The molecule has 0 saturated carbocycles. The van der Waals surface area contributed by atoms with E-state index in [9.17, 15) is 8.42 Å². The molecule has 5 heteroatoms. The van der Waals surface area contributed by atoms with E-state index in [2.05, 4.69) is 0 Å². The van der Waals surface area contributed by atoms with Gasteiger partial charge < -0.3 is 4.74 Å². The molecule has 0 saturated heterocycles. The number of rotatable bonds is 3. The van der Waals surface area contributed by atoms with Crippen molar-refractivity contribution in [2.45, 2.75) is 12.8 Å². The molecular formula is C12H13NO3S. The zero-order chi connectivity index (χ0) is 12.3. The Hall–Kier alpha value is -1.59. The number of hydrogen-bond donors (Lipinski definition) is 1. The zero-order valence-corrected chi connectivity index (χ0v) is 9.98. The maximum Gasteiger partial charge on any atom is 0.234 e. The van der Waals surface area contributed by atoms with Crippen molar-refractivity contribution < 1.29 is 13.2 Å². The average molecular weight is 251 g/mol. The number of ether oxygens (including phenoxy) is 1. The molecule has 0 fully saturated rings. The lowest BCUT2D eigenvalue weighted by Crippen LogP contribution is -2.16. The van der Waals surface area contributed by atoms with Gasteiger partial charge in [-0.15, -0.1) is 0 Å². The van der Waals surface area contributed by atoms with Crippen LogP contribution in [0.3, 0.4) is 0 Å². The molecule has 2 rings (SSSR count). The monoisotopic (exact) mass is 251 g/mol. The maximum absolute atomic E-state index is 11.1. The number of hydrogen-bond acceptors (Lipinski definition) is 3. The van der Waals surface area contributed by atoms with Crippen LogP contribution in [0.2, 0.25) is 0 Å². The minimum Gasteiger partial charge on any atom is -0.462 e. The Morgan fingerprint density at radius 2 is 1.76 bits per heavy atom. The fourth-order valence-electron chi connectivity index (χ4n) is 1.56. The van der Waals surface area contributed by atoms with Crippen LogP contribution in [0.1, 0.15) is 12.8 Å². The number of primary sulfonamides is 1. The highest BCUT2D eigenvalue weighted by molar-refractivity contribution is 7.93. The largest absolute Gasteiger partial charge is 0.462 e. The van der Waals surface area contributed by atoms with Crippen molar-refractivity contribution in [2.24, 2.45) is 5.14 Å². The highest BCUT2D eigenvalue weighted by Crippen LogP contribution is 2.23. The Bertz CT molecular complexity index is 559. The summed E-state index contributed by atoms with van der Waals surface area (Å²) in [6.07, 6.45) is 4.07. The van der Waals surface area contributed by atoms with Crippen LogP contribution in [0.4, 0.5) is 0 Å². The van der Waals surface area contributed by atoms with E-state index in [1.54, 1.807) is 6.08 Å². The molecule has 0 atom stereocenters. The first kappa shape index (κ1) is 11.9. The van der Waals surface area contributed by atoms with Crippen molar-refractivity contribution in [3.05, 3.63) is 53.1 Å². The van der Waals surface area contributed by atoms with Gasteiger partial charge in [0.25, 0.3) is 0 Å². The summed E-state index contributed by atoms with van der Waals surface area (Å²) in [6.45, 7) is 0. The second-order valence-electron chi connectivity index (χ2n) is 3.73. The lowest BCUT2D eigenvalue weighted by atomic mass is 10.1. The van der Waals surface area contributed by atoms with Gasteiger partial charge in [0.15, 0.2) is 0 Å². The van der Waals surface area contributed by atoms with E-state index < -0.39 is 10.0 Å². The summed E-state index contributed by atoms with van der Waals surface area (Å²) in [5, 5.41) is 5.04. The van der Waals surface area contributed by atoms with E-state index in [4.69, 9.17) is 9.88 Å². The van der Waals surface area contributed by atoms with Crippen LogP contribution in [0.5, 0.6) is 5.75 Å². The minimum absolute atomic E-state index is 0.248. The second-order valence-corrected chi connectivity index (χ2v) is 5.34. The van der Waals surface area contributed by atoms with Crippen LogP contribution in [0.15, 0.2) is 53.1 Å². The molecule has 17 heavy (non-hydrogen) atoms. The van der Waals surface area contributed by atoms with Gasteiger partial charge in [0.05, 0.1) is 4.91 Å². The van der Waals surface area contributed by atoms with Crippen LogP contribution < -0.4 is 9.88 Å². The van der Waals surface area contributed by atoms with E-state index in [1.807, 2.05) is 30.3 Å². The Morgan fingerprint density at radius 3 is 2.29 bits per heavy atom. The van der Waals surface area contributed by atoms with Crippen LogP contribution >= 0.6 is 0 Å². The molecule has 0 radical (unpaired) electrons. The number of benzene rings is 1. The smallest absolute Gasteiger partial charge is 0.234 e. The first-order valence-electron chi connectivity index (χ1n) is 5.21. The van der Waals surface area contributed by atoms with Gasteiger partial charge in [0.1, 0.15) is 11.5 Å². The zero-order valence-electron chi connectivity index (χ0n) is 9.17. The van der Waals surface area contributed by atoms with Gasteiger partial charge in [-0.3, -0.25) is 0 Å². The maximum atomic E-state index is 11.1. The van der Waals surface area contributed by atoms with Gasteiger partial charge in [0, 0.05) is 6.42 Å². The van der Waals surface area contributed by atoms with Crippen LogP contribution in [-0.4, -0.2) is 8.42 Å². The van der Waals surface area contributed by atoms with Gasteiger partial charge in [-0.2, -0.15) is 0 Å². The van der Waals surface area contributed by atoms with E-state index in [0.29, 0.717) is 12.8 Å². The fourth-order valence-corrected chi connectivity index (χ4v) is 2.21. The molecule has 4 nitrogen and oxygen atoms in total. The summed E-state index contributed by atoms with van der Waals surface area (Å²) in [4.78, 5) is 0.248. The highest BCUT2D eigenvalue weighted by Gasteiger charge is 2.16. The molecule has 0 unspecified atom stereocenters. The molecule has 0 heterocycles. The molecule has 0 aromatic heterocycles. The van der Waals surface area contributed by atoms with Crippen LogP contribution in [-0.2, 0) is 10.0 Å². The summed E-state index contributed by atoms with van der Waals surface area (Å²) < 4.78 is 27.8. The normalized spacial score (nSPS) is 16.1. The summed E-state index contributed by atoms with van der Waals surface area (Å²) >= 11 is 0. The summed E-state index contributed by atoms with van der Waals surface area (Å²) in [7, 11) is -3.56. The van der Waals surface area contributed by atoms with Crippen molar-refractivity contribution in [2.75, 3.05) is 0 Å². The van der Waals surface area contributed by atoms with Crippen LogP contribution in [0.25, 0.3) is 0 Å². The lowest BCUT2D eigenvalue weighted by molar-refractivity contribution is 0.402. The van der Waals surface area contributed by atoms with Gasteiger partial charge in [-0.1, -0.05) is 18.2 Å². The first-order valence-corrected chi connectivity index (χ1v) is 6.76. The Morgan fingerprint density at radius 1 is 1.06 bits per heavy atom. The molecule has 0 bridgehead atoms. The molecule has 90 valence electrons. The minimum atomic E-state index is -3.56. The SMILES string of the molecule is NS(=O)(=O)C1=CC=C(Oc2ccccc2)CC1. The number of nitrogens with two attached hydrogens (primary N) is 1. The van der Waals surface area contributed by atoms with Crippen molar-refractivity contribution in [1.82, 2.24) is 0 Å². The summed E-state index contributed by atoms with van der Waals surface area (Å²) in [5.41, 5.74) is 0. The Labute approximate surface area is 100 Å². The molecule has 1 aliphatic carbocycles. The van der Waals surface area contributed by atoms with E-state index >= 15 is 0 Å². The number of para-hydroxylation sites is 1. The number of sulfonamides is 1. The highest BCUT2D eigenvalue weighted by atomic mass is 32.2. The van der Waals surface area contributed by atoms with E-state index in [-0.39, 0.29) is 4.91 Å². The predicted octanol–water partition coefficient (Wildman–Crippen LogP) is 1.92. The van der Waals surface area contributed by atoms with Crippen molar-refractivity contribution >= 4 is 10.0 Å². The van der Waals surface area contributed by atoms with Gasteiger partial charge in [0.2, 0.25) is 10.0 Å². The number of allylic oxidation sites excluding steroid dienone is 4. The molecule has 0 spiro atoms. The quantitative estimate of drug-likeness (QED) is 0.892. The Balaban J connectivity index is 2.12. The standard InChI is InChI=1S/C12H13NO3S/c13-17(14,15)12-8-6-11(7-9-12)16-10-4-2-1-3-5-10/h1-6,8H,7,9H2,(H2,13,14,15). The fraction of sp³-hybridized carbons (Fsp3) is 0.167. The molecule has 1 aromatic rings. The predicted molar refractivity (Wildman–Crippen MR) is 65.6 cm³/mol. The summed E-state index contributed by atoms with van der Waals surface area (Å²) in [5.74, 6) is 1.48. The van der Waals surface area contributed by atoms with Crippen LogP contribution in [0, 0.1) is 0 Å². The van der Waals surface area contributed by atoms with Gasteiger partial charge >= 0.3 is 0 Å². The van der Waals surface area contributed by atoms with E-state index in [1.165, 1.54) is 6.08 Å². The Kier molecular flexibility index (Phi) is 3.31. The second kappa shape index (κ2) is 4.73. The molecular weight excluding hydrogens is 238 g/mol. The lowest BCUT2D eigenvalue weighted by Gasteiger charge is -2.14. The van der Waals surface area contributed by atoms with Crippen molar-refractivity contribution in [3.8, 4) is 5.75 Å². The van der Waals surface area contributed by atoms with Crippen molar-refractivity contribution in [1.29, 1.82) is 0 Å². The molecule has 1 aliphatic rings. The molecule has 0 amide bonds. The average Bonchev–Trinajstić information content (AvgIpc) is 2.30. The third kappa shape index (κ3) is 3.18. The topological polar surface area (TPSA) is 69.4 Å². The van der Waals surface area contributed by atoms with Gasteiger partial charge in [-0.25, -0.2) is 13.6 Å². The third-order valence-corrected chi connectivity index (χ3v) is 3.50. The molecule has 1 aromatic carbocycles. The summed E-state index contributed by atoms with van der Waals surface area (Å²) in [6, 6.07) is 9.36. The molecule has 2 N–H and O–H groups in total. The van der Waals surface area contributed by atoms with E-state index in [0.717, 1.165) is 11.5 Å². The first-order chi connectivity index (χ1) is 8.05. The molecule has 0 aliphatic heterocycles. The third-order valence-electron chi connectivity index (χ3n) is 2.43. The van der Waals surface area contributed by atoms with Gasteiger partial charge in [-0.05, 0) is 30.7 Å². The van der Waals surface area contributed by atoms with Crippen molar-refractivity contribution in [3.63, 3.8) is 0 Å².